The largest absolute Gasteiger partial charge is 0.486 e. The highest BCUT2D eigenvalue weighted by atomic mass is 35.5. The molecule has 2 N–H and O–H groups in total. The monoisotopic (exact) mass is 309 g/mol. The van der Waals surface area contributed by atoms with Crippen molar-refractivity contribution in [2.24, 2.45) is 5.73 Å². The first-order valence-corrected chi connectivity index (χ1v) is 7.03. The maximum Gasteiger partial charge on any atom is 0.169 e. The number of ether oxygens (including phenoxy) is 2. The van der Waals surface area contributed by atoms with Crippen molar-refractivity contribution in [3.05, 3.63) is 46.4 Å². The summed E-state index contributed by atoms with van der Waals surface area (Å²) in [5.74, 6) is 1.33. The summed E-state index contributed by atoms with van der Waals surface area (Å²) in [6, 6.07) is 11.1. The molecule has 2 aromatic rings. The molecule has 3 rings (SSSR count). The zero-order valence-corrected chi connectivity index (χ0v) is 12.1. The molecule has 5 heteroatoms. The number of para-hydroxylation sites is 1. The molecular formula is C15H13Cl2NO2. The van der Waals surface area contributed by atoms with Gasteiger partial charge in [0.25, 0.3) is 0 Å². The van der Waals surface area contributed by atoms with Crippen LogP contribution in [0.3, 0.4) is 0 Å². The van der Waals surface area contributed by atoms with Crippen LogP contribution in [0.2, 0.25) is 10.0 Å². The fourth-order valence-electron chi connectivity index (χ4n) is 2.20. The summed E-state index contributed by atoms with van der Waals surface area (Å²) in [6.07, 6.45) is -0.162. The lowest BCUT2D eigenvalue weighted by molar-refractivity contribution is 0.0976. The molecule has 20 heavy (non-hydrogen) atoms. The lowest BCUT2D eigenvalue weighted by atomic mass is 10.0. The van der Waals surface area contributed by atoms with E-state index < -0.39 is 0 Å². The van der Waals surface area contributed by atoms with Crippen LogP contribution in [-0.4, -0.2) is 19.3 Å². The molecule has 0 saturated carbocycles. The Kier molecular flexibility index (Phi) is 3.74. The van der Waals surface area contributed by atoms with Crippen LogP contribution in [0, 0.1) is 0 Å². The molecule has 3 nitrogen and oxygen atoms in total. The molecule has 1 aliphatic heterocycles. The lowest BCUT2D eigenvalue weighted by Gasteiger charge is -2.27. The van der Waals surface area contributed by atoms with E-state index in [9.17, 15) is 0 Å². The third-order valence-electron chi connectivity index (χ3n) is 3.18. The van der Waals surface area contributed by atoms with Crippen molar-refractivity contribution in [1.82, 2.24) is 0 Å². The van der Waals surface area contributed by atoms with E-state index in [0.29, 0.717) is 34.7 Å². The van der Waals surface area contributed by atoms with Crippen molar-refractivity contribution in [3.8, 4) is 22.6 Å². The molecule has 0 fully saturated rings. The summed E-state index contributed by atoms with van der Waals surface area (Å²) in [5.41, 5.74) is 7.21. The Morgan fingerprint density at radius 1 is 1.10 bits per heavy atom. The van der Waals surface area contributed by atoms with Gasteiger partial charge in [0.1, 0.15) is 12.7 Å². The summed E-state index contributed by atoms with van der Waals surface area (Å²) < 4.78 is 11.6. The molecule has 2 aromatic carbocycles. The van der Waals surface area contributed by atoms with Crippen LogP contribution >= 0.6 is 23.2 Å². The maximum absolute atomic E-state index is 6.27. The van der Waals surface area contributed by atoms with Gasteiger partial charge in [0.05, 0.1) is 10.0 Å². The van der Waals surface area contributed by atoms with Gasteiger partial charge in [0.2, 0.25) is 0 Å². The van der Waals surface area contributed by atoms with Gasteiger partial charge in [-0.15, -0.1) is 0 Å². The average Bonchev–Trinajstić information content (AvgIpc) is 2.47. The maximum atomic E-state index is 6.27. The van der Waals surface area contributed by atoms with Gasteiger partial charge in [-0.2, -0.15) is 0 Å². The van der Waals surface area contributed by atoms with Crippen LogP contribution in [-0.2, 0) is 0 Å². The summed E-state index contributed by atoms with van der Waals surface area (Å²) >= 11 is 12.5. The van der Waals surface area contributed by atoms with Crippen LogP contribution in [0.5, 0.6) is 11.5 Å². The first kappa shape index (κ1) is 13.6. The Hall–Kier alpha value is -1.42. The van der Waals surface area contributed by atoms with Gasteiger partial charge in [-0.1, -0.05) is 41.4 Å². The van der Waals surface area contributed by atoms with Gasteiger partial charge >= 0.3 is 0 Å². The topological polar surface area (TPSA) is 44.5 Å². The zero-order valence-electron chi connectivity index (χ0n) is 10.6. The van der Waals surface area contributed by atoms with Crippen molar-refractivity contribution in [3.63, 3.8) is 0 Å². The molecule has 0 saturated heterocycles. The summed E-state index contributed by atoms with van der Waals surface area (Å²) in [5, 5.41) is 1.15. The average molecular weight is 310 g/mol. The van der Waals surface area contributed by atoms with Crippen LogP contribution in [0.1, 0.15) is 0 Å². The molecule has 1 atom stereocenters. The Morgan fingerprint density at radius 2 is 1.80 bits per heavy atom. The zero-order chi connectivity index (χ0) is 14.1. The number of benzene rings is 2. The summed E-state index contributed by atoms with van der Waals surface area (Å²) in [6.45, 7) is 0.841. The van der Waals surface area contributed by atoms with Gasteiger partial charge in [0.15, 0.2) is 11.5 Å². The molecular weight excluding hydrogens is 297 g/mol. The van der Waals surface area contributed by atoms with Crippen molar-refractivity contribution in [1.29, 1.82) is 0 Å². The molecule has 1 heterocycles. The SMILES string of the molecule is NC[C@H]1COc2cccc(-c3c(Cl)cccc3Cl)c2O1. The highest BCUT2D eigenvalue weighted by Crippen LogP contribution is 2.45. The third-order valence-corrected chi connectivity index (χ3v) is 3.81. The van der Waals surface area contributed by atoms with E-state index in [2.05, 4.69) is 0 Å². The van der Waals surface area contributed by atoms with Gasteiger partial charge < -0.3 is 15.2 Å². The van der Waals surface area contributed by atoms with Crippen LogP contribution in [0.4, 0.5) is 0 Å². The van der Waals surface area contributed by atoms with Gasteiger partial charge in [0, 0.05) is 17.7 Å². The van der Waals surface area contributed by atoms with Crippen molar-refractivity contribution >= 4 is 23.2 Å². The minimum Gasteiger partial charge on any atom is -0.486 e. The second-order valence-electron chi connectivity index (χ2n) is 4.52. The van der Waals surface area contributed by atoms with Crippen molar-refractivity contribution in [2.45, 2.75) is 6.10 Å². The van der Waals surface area contributed by atoms with Gasteiger partial charge in [-0.3, -0.25) is 0 Å². The van der Waals surface area contributed by atoms with E-state index in [1.54, 1.807) is 12.1 Å². The van der Waals surface area contributed by atoms with Crippen LogP contribution in [0.25, 0.3) is 11.1 Å². The fourth-order valence-corrected chi connectivity index (χ4v) is 2.80. The minimum absolute atomic E-state index is 0.162. The first-order chi connectivity index (χ1) is 9.70. The number of hydrogen-bond donors (Lipinski definition) is 1. The molecule has 0 radical (unpaired) electrons. The van der Waals surface area contributed by atoms with Gasteiger partial charge in [-0.05, 0) is 18.2 Å². The second kappa shape index (κ2) is 5.52. The molecule has 0 spiro atoms. The molecule has 0 amide bonds. The predicted molar refractivity (Wildman–Crippen MR) is 80.9 cm³/mol. The Labute approximate surface area is 127 Å². The molecule has 0 aromatic heterocycles. The van der Waals surface area contributed by atoms with E-state index in [0.717, 1.165) is 11.1 Å². The number of nitrogens with two attached hydrogens (primary N) is 1. The summed E-state index contributed by atoms with van der Waals surface area (Å²) in [4.78, 5) is 0. The molecule has 0 unspecified atom stereocenters. The summed E-state index contributed by atoms with van der Waals surface area (Å²) in [7, 11) is 0. The van der Waals surface area contributed by atoms with E-state index in [4.69, 9.17) is 38.4 Å². The number of fused-ring (bicyclic) bond motifs is 1. The smallest absolute Gasteiger partial charge is 0.169 e. The van der Waals surface area contributed by atoms with E-state index >= 15 is 0 Å². The molecule has 104 valence electrons. The quantitative estimate of drug-likeness (QED) is 0.918. The number of rotatable bonds is 2. The second-order valence-corrected chi connectivity index (χ2v) is 5.33. The Balaban J connectivity index is 2.16. The fraction of sp³-hybridized carbons (Fsp3) is 0.200. The third kappa shape index (κ3) is 2.33. The molecule has 0 bridgehead atoms. The van der Waals surface area contributed by atoms with Crippen molar-refractivity contribution in [2.75, 3.05) is 13.2 Å². The highest BCUT2D eigenvalue weighted by Gasteiger charge is 2.24. The van der Waals surface area contributed by atoms with Gasteiger partial charge in [-0.25, -0.2) is 0 Å². The standard InChI is InChI=1S/C15H13Cl2NO2/c16-11-4-2-5-12(17)14(11)10-3-1-6-13-15(10)20-9(7-18)8-19-13/h1-6,9H,7-8,18H2/t9-/m0/s1. The minimum atomic E-state index is -0.162. The van der Waals surface area contributed by atoms with Crippen LogP contribution < -0.4 is 15.2 Å². The highest BCUT2D eigenvalue weighted by molar-refractivity contribution is 6.39. The van der Waals surface area contributed by atoms with Crippen LogP contribution in [0.15, 0.2) is 36.4 Å². The van der Waals surface area contributed by atoms with E-state index in [1.807, 2.05) is 24.3 Å². The predicted octanol–water partition coefficient (Wildman–Crippen LogP) is 3.76. The number of hydrogen-bond acceptors (Lipinski definition) is 3. The molecule has 0 aliphatic carbocycles. The normalized spacial score (nSPS) is 17.1. The number of halogens is 2. The lowest BCUT2D eigenvalue weighted by Crippen LogP contribution is -2.35. The Morgan fingerprint density at radius 3 is 2.50 bits per heavy atom. The van der Waals surface area contributed by atoms with E-state index in [-0.39, 0.29) is 6.10 Å². The van der Waals surface area contributed by atoms with Crippen molar-refractivity contribution < 1.29 is 9.47 Å². The van der Waals surface area contributed by atoms with E-state index in [1.165, 1.54) is 0 Å². The first-order valence-electron chi connectivity index (χ1n) is 6.27. The Bertz CT molecular complexity index is 626. The molecule has 1 aliphatic rings.